The van der Waals surface area contributed by atoms with E-state index in [2.05, 4.69) is 0 Å². The first-order valence-corrected chi connectivity index (χ1v) is 9.80. The summed E-state index contributed by atoms with van der Waals surface area (Å²) in [6.07, 6.45) is -6.66. The van der Waals surface area contributed by atoms with Crippen molar-refractivity contribution in [3.63, 3.8) is 0 Å². The van der Waals surface area contributed by atoms with Gasteiger partial charge < -0.3 is 50.0 Å². The van der Waals surface area contributed by atoms with Crippen LogP contribution in [0, 0.1) is 0 Å². The topological polar surface area (TPSA) is 169 Å². The zero-order chi connectivity index (χ0) is 22.3. The predicted octanol–water partition coefficient (Wildman–Crippen LogP) is 0.0484. The molecule has 0 bridgehead atoms. The highest BCUT2D eigenvalue weighted by Gasteiger charge is 2.44. The summed E-state index contributed by atoms with van der Waals surface area (Å²) < 4.78 is 16.9. The largest absolute Gasteiger partial charge is 0.507 e. The van der Waals surface area contributed by atoms with Crippen LogP contribution in [0.3, 0.4) is 0 Å². The molecule has 2 aromatic carbocycles. The second-order valence-corrected chi connectivity index (χ2v) is 7.63. The highest BCUT2D eigenvalue weighted by molar-refractivity contribution is 5.52. The summed E-state index contributed by atoms with van der Waals surface area (Å²) in [6.45, 7) is -0.593. The zero-order valence-corrected chi connectivity index (χ0v) is 16.3. The normalized spacial score (nSPS) is 30.3. The molecule has 7 N–H and O–H groups in total. The Morgan fingerprint density at radius 3 is 2.39 bits per heavy atom. The van der Waals surface area contributed by atoms with E-state index in [0.29, 0.717) is 29.7 Å². The second kappa shape index (κ2) is 8.40. The van der Waals surface area contributed by atoms with Crippen LogP contribution in [0.15, 0.2) is 30.3 Å². The summed E-state index contributed by atoms with van der Waals surface area (Å²) >= 11 is 0. The highest BCUT2D eigenvalue weighted by Crippen LogP contribution is 2.43. The van der Waals surface area contributed by atoms with Gasteiger partial charge in [-0.2, -0.15) is 0 Å². The molecule has 4 rings (SSSR count). The molecule has 2 heterocycles. The number of aromatic hydroxyl groups is 3. The fourth-order valence-corrected chi connectivity index (χ4v) is 3.79. The SMILES string of the molecule is OC[C@H]1O[C@@H](Oc2cc(O)c3c(c2)O[C@H](c2ccc(O)c(O)c2)CC3)[C@H](O)[C@@H](O)[C@@H]1O. The van der Waals surface area contributed by atoms with Crippen LogP contribution in [0.5, 0.6) is 28.7 Å². The number of hydrogen-bond acceptors (Lipinski definition) is 10. The maximum atomic E-state index is 10.4. The number of aliphatic hydroxyl groups excluding tert-OH is 4. The van der Waals surface area contributed by atoms with Crippen LogP contribution < -0.4 is 9.47 Å². The van der Waals surface area contributed by atoms with Crippen molar-refractivity contribution in [3.05, 3.63) is 41.5 Å². The maximum absolute atomic E-state index is 10.4. The molecular weight excluding hydrogens is 412 g/mol. The first kappa shape index (κ1) is 21.5. The molecule has 6 atom stereocenters. The van der Waals surface area contributed by atoms with Gasteiger partial charge in [0, 0.05) is 17.7 Å². The fourth-order valence-electron chi connectivity index (χ4n) is 3.79. The molecule has 0 amide bonds. The number of fused-ring (bicyclic) bond motifs is 1. The molecule has 168 valence electrons. The van der Waals surface area contributed by atoms with E-state index in [1.54, 1.807) is 6.07 Å². The minimum Gasteiger partial charge on any atom is -0.507 e. The van der Waals surface area contributed by atoms with Gasteiger partial charge >= 0.3 is 0 Å². The van der Waals surface area contributed by atoms with Crippen LogP contribution >= 0.6 is 0 Å². The Balaban J connectivity index is 1.55. The van der Waals surface area contributed by atoms with E-state index >= 15 is 0 Å². The van der Waals surface area contributed by atoms with Gasteiger partial charge in [0.1, 0.15) is 47.8 Å². The van der Waals surface area contributed by atoms with E-state index in [0.717, 1.165) is 0 Å². The summed E-state index contributed by atoms with van der Waals surface area (Å²) in [7, 11) is 0. The van der Waals surface area contributed by atoms with Gasteiger partial charge in [-0.3, -0.25) is 0 Å². The van der Waals surface area contributed by atoms with Gasteiger partial charge in [-0.15, -0.1) is 0 Å². The number of phenolic OH excluding ortho intramolecular Hbond substituents is 3. The standard InChI is InChI=1S/C21H24O10/c22-8-17-18(26)19(27)20(28)21(31-17)29-10-6-13(24)11-2-4-15(30-16(11)7-10)9-1-3-12(23)14(25)5-9/h1,3,5-7,15,17-28H,2,4,8H2/t15-,17+,18+,19-,20+,21+/m0/s1. The third-order valence-electron chi connectivity index (χ3n) is 5.56. The summed E-state index contributed by atoms with van der Waals surface area (Å²) in [4.78, 5) is 0. The van der Waals surface area contributed by atoms with Gasteiger partial charge in [-0.05, 0) is 30.5 Å². The Kier molecular flexibility index (Phi) is 5.82. The minimum absolute atomic E-state index is 0.0785. The molecule has 0 unspecified atom stereocenters. The van der Waals surface area contributed by atoms with Gasteiger partial charge in [-0.1, -0.05) is 6.07 Å². The summed E-state index contributed by atoms with van der Waals surface area (Å²) in [5.41, 5.74) is 1.20. The molecule has 31 heavy (non-hydrogen) atoms. The lowest BCUT2D eigenvalue weighted by atomic mass is 9.96. The van der Waals surface area contributed by atoms with Crippen LogP contribution in [0.4, 0.5) is 0 Å². The van der Waals surface area contributed by atoms with E-state index in [1.807, 2.05) is 0 Å². The molecule has 2 aromatic rings. The summed E-state index contributed by atoms with van der Waals surface area (Å²) in [6, 6.07) is 7.19. The van der Waals surface area contributed by atoms with E-state index in [4.69, 9.17) is 14.2 Å². The molecule has 2 aliphatic rings. The molecule has 1 saturated heterocycles. The van der Waals surface area contributed by atoms with Gasteiger partial charge in [0.2, 0.25) is 6.29 Å². The molecular formula is C21H24O10. The van der Waals surface area contributed by atoms with Gasteiger partial charge in [0.05, 0.1) is 6.61 Å². The number of aliphatic hydroxyl groups is 4. The third kappa shape index (κ3) is 4.08. The van der Waals surface area contributed by atoms with Crippen molar-refractivity contribution in [3.8, 4) is 28.7 Å². The average molecular weight is 436 g/mol. The first-order valence-electron chi connectivity index (χ1n) is 9.80. The van der Waals surface area contributed by atoms with Gasteiger partial charge in [-0.25, -0.2) is 0 Å². The van der Waals surface area contributed by atoms with E-state index in [9.17, 15) is 35.7 Å². The number of ether oxygens (including phenoxy) is 3. The summed E-state index contributed by atoms with van der Waals surface area (Å²) in [5.74, 6) is -0.204. The van der Waals surface area contributed by atoms with Crippen LogP contribution in [0.25, 0.3) is 0 Å². The number of phenols is 3. The molecule has 1 fully saturated rings. The minimum atomic E-state index is -1.59. The number of benzene rings is 2. The molecule has 0 spiro atoms. The van der Waals surface area contributed by atoms with Crippen molar-refractivity contribution in [2.45, 2.75) is 49.7 Å². The molecule has 0 radical (unpaired) electrons. The Bertz CT molecular complexity index is 946. The second-order valence-electron chi connectivity index (χ2n) is 7.63. The van der Waals surface area contributed by atoms with Crippen molar-refractivity contribution in [2.24, 2.45) is 0 Å². The summed E-state index contributed by atoms with van der Waals surface area (Å²) in [5, 5.41) is 68.9. The van der Waals surface area contributed by atoms with Crippen molar-refractivity contribution in [1.82, 2.24) is 0 Å². The van der Waals surface area contributed by atoms with E-state index < -0.39 is 43.4 Å². The zero-order valence-electron chi connectivity index (χ0n) is 16.3. The molecule has 10 heteroatoms. The Morgan fingerprint density at radius 1 is 0.903 bits per heavy atom. The van der Waals surface area contributed by atoms with Gasteiger partial charge in [0.15, 0.2) is 11.5 Å². The van der Waals surface area contributed by atoms with Crippen LogP contribution in [-0.4, -0.2) is 73.1 Å². The highest BCUT2D eigenvalue weighted by atomic mass is 16.7. The van der Waals surface area contributed by atoms with E-state index in [1.165, 1.54) is 24.3 Å². The quantitative estimate of drug-likeness (QED) is 0.325. The predicted molar refractivity (Wildman–Crippen MR) is 104 cm³/mol. The van der Waals surface area contributed by atoms with Crippen molar-refractivity contribution in [1.29, 1.82) is 0 Å². The lowest BCUT2D eigenvalue weighted by molar-refractivity contribution is -0.277. The lowest BCUT2D eigenvalue weighted by Gasteiger charge is -2.39. The lowest BCUT2D eigenvalue weighted by Crippen LogP contribution is -2.60. The van der Waals surface area contributed by atoms with Crippen LogP contribution in [0.2, 0.25) is 0 Å². The number of hydrogen-bond donors (Lipinski definition) is 7. The monoisotopic (exact) mass is 436 g/mol. The molecule has 0 saturated carbocycles. The van der Waals surface area contributed by atoms with Gasteiger partial charge in [0.25, 0.3) is 0 Å². The molecule has 0 aromatic heterocycles. The van der Waals surface area contributed by atoms with Crippen molar-refractivity contribution in [2.75, 3.05) is 6.61 Å². The fraction of sp³-hybridized carbons (Fsp3) is 0.429. The Hall–Kier alpha value is -2.76. The Morgan fingerprint density at radius 2 is 1.68 bits per heavy atom. The first-order chi connectivity index (χ1) is 14.8. The van der Waals surface area contributed by atoms with Crippen molar-refractivity contribution >= 4 is 0 Å². The average Bonchev–Trinajstić information content (AvgIpc) is 2.75. The molecule has 0 aliphatic carbocycles. The van der Waals surface area contributed by atoms with E-state index in [-0.39, 0.29) is 23.0 Å². The third-order valence-corrected chi connectivity index (χ3v) is 5.56. The maximum Gasteiger partial charge on any atom is 0.229 e. The number of rotatable bonds is 4. The smallest absolute Gasteiger partial charge is 0.229 e. The Labute approximate surface area is 177 Å². The molecule has 10 nitrogen and oxygen atoms in total. The van der Waals surface area contributed by atoms with Crippen LogP contribution in [-0.2, 0) is 11.2 Å². The van der Waals surface area contributed by atoms with Crippen LogP contribution in [0.1, 0.15) is 23.7 Å². The van der Waals surface area contributed by atoms with Crippen molar-refractivity contribution < 1.29 is 50.0 Å². The molecule has 2 aliphatic heterocycles.